The van der Waals surface area contributed by atoms with Gasteiger partial charge in [0.25, 0.3) is 0 Å². The van der Waals surface area contributed by atoms with Crippen LogP contribution in [0.5, 0.6) is 0 Å². The van der Waals surface area contributed by atoms with Crippen LogP contribution in [0.1, 0.15) is 12.8 Å². The predicted molar refractivity (Wildman–Crippen MR) is 51.5 cm³/mol. The molecule has 2 atom stereocenters. The minimum absolute atomic E-state index is 0.346. The van der Waals surface area contributed by atoms with Gasteiger partial charge in [-0.05, 0) is 12.8 Å². The van der Waals surface area contributed by atoms with E-state index in [9.17, 15) is 5.11 Å². The number of likely N-dealkylation sites (tertiary alicyclic amines) is 1. The van der Waals surface area contributed by atoms with E-state index < -0.39 is 0 Å². The molecule has 4 nitrogen and oxygen atoms in total. The van der Waals surface area contributed by atoms with E-state index in [0.717, 1.165) is 32.5 Å². The molecule has 1 aliphatic rings. The summed E-state index contributed by atoms with van der Waals surface area (Å²) in [6.07, 6.45) is 1.92. The summed E-state index contributed by atoms with van der Waals surface area (Å²) in [5.41, 5.74) is 5.32. The topological polar surface area (TPSA) is 58.7 Å². The van der Waals surface area contributed by atoms with Crippen LogP contribution < -0.4 is 5.73 Å². The summed E-state index contributed by atoms with van der Waals surface area (Å²) in [5.74, 6) is 0. The maximum Gasteiger partial charge on any atom is 0.0710 e. The SMILES string of the molecule is COC1CCN(CCC(O)CN)C1. The lowest BCUT2D eigenvalue weighted by Crippen LogP contribution is -2.29. The maximum absolute atomic E-state index is 9.26. The maximum atomic E-state index is 9.26. The standard InChI is InChI=1S/C9H20N2O2/c1-13-9-3-5-11(7-9)4-2-8(12)6-10/h8-9,12H,2-7,10H2,1H3. The smallest absolute Gasteiger partial charge is 0.0710 e. The van der Waals surface area contributed by atoms with Gasteiger partial charge in [-0.25, -0.2) is 0 Å². The van der Waals surface area contributed by atoms with Crippen molar-refractivity contribution in [2.45, 2.75) is 25.0 Å². The Labute approximate surface area is 79.7 Å². The van der Waals surface area contributed by atoms with Crippen LogP contribution in [0, 0.1) is 0 Å². The number of methoxy groups -OCH3 is 1. The molecule has 0 aromatic heterocycles. The number of hydrogen-bond donors (Lipinski definition) is 2. The van der Waals surface area contributed by atoms with Crippen LogP contribution in [-0.2, 0) is 4.74 Å². The highest BCUT2D eigenvalue weighted by Crippen LogP contribution is 2.12. The van der Waals surface area contributed by atoms with Gasteiger partial charge in [0, 0.05) is 33.3 Å². The Morgan fingerprint density at radius 2 is 2.46 bits per heavy atom. The van der Waals surface area contributed by atoms with Crippen LogP contribution in [0.15, 0.2) is 0 Å². The predicted octanol–water partition coefficient (Wildman–Crippen LogP) is -0.583. The van der Waals surface area contributed by atoms with E-state index in [-0.39, 0.29) is 6.10 Å². The van der Waals surface area contributed by atoms with Crippen molar-refractivity contribution in [2.24, 2.45) is 5.73 Å². The third kappa shape index (κ3) is 3.60. The highest BCUT2D eigenvalue weighted by atomic mass is 16.5. The third-order valence-electron chi connectivity index (χ3n) is 2.61. The van der Waals surface area contributed by atoms with Crippen LogP contribution in [-0.4, -0.2) is 55.5 Å². The van der Waals surface area contributed by atoms with Gasteiger partial charge >= 0.3 is 0 Å². The molecule has 2 unspecified atom stereocenters. The van der Waals surface area contributed by atoms with Crippen molar-refractivity contribution in [3.63, 3.8) is 0 Å². The van der Waals surface area contributed by atoms with Crippen molar-refractivity contribution in [3.05, 3.63) is 0 Å². The Morgan fingerprint density at radius 1 is 1.69 bits per heavy atom. The minimum atomic E-state index is -0.346. The summed E-state index contributed by atoms with van der Waals surface area (Å²) < 4.78 is 5.25. The van der Waals surface area contributed by atoms with Crippen molar-refractivity contribution in [1.29, 1.82) is 0 Å². The molecule has 1 heterocycles. The zero-order chi connectivity index (χ0) is 9.68. The fourth-order valence-corrected chi connectivity index (χ4v) is 1.64. The fraction of sp³-hybridized carbons (Fsp3) is 1.00. The minimum Gasteiger partial charge on any atom is -0.392 e. The van der Waals surface area contributed by atoms with Crippen molar-refractivity contribution < 1.29 is 9.84 Å². The van der Waals surface area contributed by atoms with E-state index in [4.69, 9.17) is 10.5 Å². The number of ether oxygens (including phenoxy) is 1. The molecule has 1 saturated heterocycles. The molecule has 0 bridgehead atoms. The van der Waals surface area contributed by atoms with Crippen molar-refractivity contribution in [2.75, 3.05) is 33.3 Å². The molecule has 0 aromatic carbocycles. The van der Waals surface area contributed by atoms with Gasteiger partial charge in [-0.1, -0.05) is 0 Å². The van der Waals surface area contributed by atoms with E-state index in [1.54, 1.807) is 7.11 Å². The van der Waals surface area contributed by atoms with Crippen LogP contribution in [0.4, 0.5) is 0 Å². The molecule has 0 aliphatic carbocycles. The molecular weight excluding hydrogens is 168 g/mol. The van der Waals surface area contributed by atoms with Crippen molar-refractivity contribution in [1.82, 2.24) is 4.90 Å². The lowest BCUT2D eigenvalue weighted by atomic mass is 10.2. The number of nitrogens with two attached hydrogens (primary N) is 1. The number of rotatable bonds is 5. The number of nitrogens with zero attached hydrogens (tertiary/aromatic N) is 1. The zero-order valence-corrected chi connectivity index (χ0v) is 8.28. The summed E-state index contributed by atoms with van der Waals surface area (Å²) >= 11 is 0. The average Bonchev–Trinajstić information content (AvgIpc) is 2.61. The highest BCUT2D eigenvalue weighted by Gasteiger charge is 2.21. The molecule has 1 aliphatic heterocycles. The molecule has 1 fully saturated rings. The summed E-state index contributed by atoms with van der Waals surface area (Å²) in [6, 6.07) is 0. The molecule has 0 aromatic rings. The number of hydrogen-bond acceptors (Lipinski definition) is 4. The normalized spacial score (nSPS) is 26.5. The van der Waals surface area contributed by atoms with Gasteiger partial charge in [0.2, 0.25) is 0 Å². The van der Waals surface area contributed by atoms with E-state index in [0.29, 0.717) is 12.6 Å². The van der Waals surface area contributed by atoms with Crippen LogP contribution in [0.2, 0.25) is 0 Å². The lowest BCUT2D eigenvalue weighted by Gasteiger charge is -2.17. The first-order valence-electron chi connectivity index (χ1n) is 4.89. The van der Waals surface area contributed by atoms with E-state index in [1.807, 2.05) is 0 Å². The van der Waals surface area contributed by atoms with Gasteiger partial charge in [0.15, 0.2) is 0 Å². The van der Waals surface area contributed by atoms with Gasteiger partial charge < -0.3 is 20.5 Å². The number of aliphatic hydroxyl groups is 1. The van der Waals surface area contributed by atoms with Crippen LogP contribution >= 0.6 is 0 Å². The Morgan fingerprint density at radius 3 is 3.00 bits per heavy atom. The van der Waals surface area contributed by atoms with Crippen molar-refractivity contribution >= 4 is 0 Å². The Kier molecular flexibility index (Phi) is 4.66. The quantitative estimate of drug-likeness (QED) is 0.606. The molecular formula is C9H20N2O2. The molecule has 3 N–H and O–H groups in total. The molecule has 0 spiro atoms. The van der Waals surface area contributed by atoms with Gasteiger partial charge in [-0.2, -0.15) is 0 Å². The van der Waals surface area contributed by atoms with Crippen LogP contribution in [0.25, 0.3) is 0 Å². The second-order valence-corrected chi connectivity index (χ2v) is 3.63. The molecule has 4 heteroatoms. The summed E-state index contributed by atoms with van der Waals surface area (Å²) in [6.45, 7) is 3.36. The second kappa shape index (κ2) is 5.54. The Bertz CT molecular complexity index is 144. The van der Waals surface area contributed by atoms with E-state index in [1.165, 1.54) is 0 Å². The first-order chi connectivity index (χ1) is 6.26. The van der Waals surface area contributed by atoms with Gasteiger partial charge in [-0.15, -0.1) is 0 Å². The monoisotopic (exact) mass is 188 g/mol. The molecule has 0 radical (unpaired) electrons. The first kappa shape index (κ1) is 10.9. The van der Waals surface area contributed by atoms with E-state index in [2.05, 4.69) is 4.90 Å². The average molecular weight is 188 g/mol. The van der Waals surface area contributed by atoms with Crippen LogP contribution in [0.3, 0.4) is 0 Å². The lowest BCUT2D eigenvalue weighted by molar-refractivity contribution is 0.103. The first-order valence-corrected chi connectivity index (χ1v) is 4.89. The molecule has 1 rings (SSSR count). The molecule has 0 amide bonds. The fourth-order valence-electron chi connectivity index (χ4n) is 1.64. The summed E-state index contributed by atoms with van der Waals surface area (Å²) in [7, 11) is 1.75. The second-order valence-electron chi connectivity index (χ2n) is 3.63. The van der Waals surface area contributed by atoms with Gasteiger partial charge in [-0.3, -0.25) is 0 Å². The van der Waals surface area contributed by atoms with Gasteiger partial charge in [0.05, 0.1) is 12.2 Å². The van der Waals surface area contributed by atoms with E-state index >= 15 is 0 Å². The Balaban J connectivity index is 2.10. The third-order valence-corrected chi connectivity index (χ3v) is 2.61. The van der Waals surface area contributed by atoms with Crippen molar-refractivity contribution in [3.8, 4) is 0 Å². The summed E-state index contributed by atoms with van der Waals surface area (Å²) in [5, 5.41) is 9.26. The molecule has 13 heavy (non-hydrogen) atoms. The number of aliphatic hydroxyl groups excluding tert-OH is 1. The largest absolute Gasteiger partial charge is 0.392 e. The summed E-state index contributed by atoms with van der Waals surface area (Å²) in [4.78, 5) is 2.31. The van der Waals surface area contributed by atoms with Gasteiger partial charge in [0.1, 0.15) is 0 Å². The molecule has 0 saturated carbocycles. The highest BCUT2D eigenvalue weighted by molar-refractivity contribution is 4.76. The Hall–Kier alpha value is -0.160. The molecule has 78 valence electrons. The zero-order valence-electron chi connectivity index (χ0n) is 8.28.